The molecule has 0 aromatic rings. The highest BCUT2D eigenvalue weighted by Gasteiger charge is 2.59. The Kier molecular flexibility index (Phi) is 7.52. The van der Waals surface area contributed by atoms with Crippen molar-refractivity contribution in [2.75, 3.05) is 0 Å². The summed E-state index contributed by atoms with van der Waals surface area (Å²) in [6.45, 7) is 14.4. The molecule has 0 spiro atoms. The summed E-state index contributed by atoms with van der Waals surface area (Å²) in [6.07, 6.45) is 20.5. The Morgan fingerprint density at radius 1 is 1.12 bits per heavy atom. The van der Waals surface area contributed by atoms with E-state index in [0.717, 1.165) is 48.9 Å². The predicted octanol–water partition coefficient (Wildman–Crippen LogP) is 8.52. The van der Waals surface area contributed by atoms with Gasteiger partial charge in [0.15, 0.2) is 0 Å². The number of fused-ring (bicyclic) bond motifs is 5. The lowest BCUT2D eigenvalue weighted by atomic mass is 9.47. The molecule has 0 radical (unpaired) electrons. The van der Waals surface area contributed by atoms with Crippen LogP contribution in [0.15, 0.2) is 23.8 Å². The number of allylic oxidation sites excluding steroid dienone is 3. The summed E-state index contributed by atoms with van der Waals surface area (Å²) in [5, 5.41) is 0. The fourth-order valence-electron chi connectivity index (χ4n) is 8.78. The molecule has 3 saturated carbocycles. The molecule has 0 saturated heterocycles. The first-order chi connectivity index (χ1) is 15.7. The van der Waals surface area contributed by atoms with Gasteiger partial charge in [-0.1, -0.05) is 65.3 Å². The number of hydrogen-bond donors (Lipinski definition) is 0. The van der Waals surface area contributed by atoms with Crippen LogP contribution in [0.5, 0.6) is 0 Å². The highest BCUT2D eigenvalue weighted by atomic mass is 16.5. The Hall–Kier alpha value is -1.05. The molecule has 0 bridgehead atoms. The fourth-order valence-corrected chi connectivity index (χ4v) is 8.78. The molecule has 8 atom stereocenters. The van der Waals surface area contributed by atoms with Crippen molar-refractivity contribution >= 4 is 5.97 Å². The standard InChI is InChI=1S/C31H50O2/c1-7-9-29(32)33-24-16-18-30(5)23(20-24)12-13-25-27-15-14-26(22(4)11-8-10-21(2)3)31(27,6)19-17-28(25)30/h8,11-12,21-22,24-28H,7,9-10,13-20H2,1-6H3/b11-8-/t22-,24-,25+,26-,27+,28+,30+,31-/m1/s1. The van der Waals surface area contributed by atoms with Gasteiger partial charge in [0.05, 0.1) is 0 Å². The van der Waals surface area contributed by atoms with Gasteiger partial charge in [0.25, 0.3) is 0 Å². The Labute approximate surface area is 204 Å². The van der Waals surface area contributed by atoms with E-state index < -0.39 is 0 Å². The van der Waals surface area contributed by atoms with Crippen LogP contribution in [0.2, 0.25) is 0 Å². The molecule has 33 heavy (non-hydrogen) atoms. The van der Waals surface area contributed by atoms with E-state index in [1.807, 2.05) is 0 Å². The first-order valence-corrected chi connectivity index (χ1v) is 14.2. The highest BCUT2D eigenvalue weighted by molar-refractivity contribution is 5.69. The first-order valence-electron chi connectivity index (χ1n) is 14.2. The SMILES string of the molecule is CCCC(=O)O[C@@H]1CC[C@@]2(C)C(=CC[C@H]3[C@@H]4CC[C@H]([C@H](C)/C=C\CC(C)C)[C@@]4(C)CC[C@@H]32)C1. The average molecular weight is 455 g/mol. The van der Waals surface area contributed by atoms with Gasteiger partial charge in [0.2, 0.25) is 0 Å². The number of carbonyl (C=O) groups excluding carboxylic acids is 1. The fraction of sp³-hybridized carbons (Fsp3) is 0.839. The Balaban J connectivity index is 1.46. The maximum absolute atomic E-state index is 12.1. The molecule has 4 aliphatic carbocycles. The second-order valence-electron chi connectivity index (χ2n) is 13.0. The van der Waals surface area contributed by atoms with Crippen LogP contribution in [-0.2, 0) is 9.53 Å². The van der Waals surface area contributed by atoms with Crippen LogP contribution in [0.4, 0.5) is 0 Å². The van der Waals surface area contributed by atoms with Gasteiger partial charge in [-0.05, 0) is 104 Å². The normalized spacial score (nSPS) is 41.3. The summed E-state index contributed by atoms with van der Waals surface area (Å²) in [5.41, 5.74) is 2.46. The summed E-state index contributed by atoms with van der Waals surface area (Å²) in [4.78, 5) is 12.1. The Morgan fingerprint density at radius 3 is 2.64 bits per heavy atom. The van der Waals surface area contributed by atoms with Crippen molar-refractivity contribution in [3.63, 3.8) is 0 Å². The maximum Gasteiger partial charge on any atom is 0.306 e. The van der Waals surface area contributed by atoms with Gasteiger partial charge in [-0.3, -0.25) is 4.79 Å². The van der Waals surface area contributed by atoms with Gasteiger partial charge in [0.1, 0.15) is 6.10 Å². The number of hydrogen-bond acceptors (Lipinski definition) is 2. The van der Waals surface area contributed by atoms with Gasteiger partial charge in [0, 0.05) is 12.8 Å². The first kappa shape index (κ1) is 25.1. The minimum absolute atomic E-state index is 0.00221. The molecule has 0 aromatic carbocycles. The van der Waals surface area contributed by atoms with Gasteiger partial charge >= 0.3 is 5.97 Å². The third-order valence-corrected chi connectivity index (χ3v) is 10.6. The van der Waals surface area contributed by atoms with Gasteiger partial charge in [-0.25, -0.2) is 0 Å². The molecule has 4 rings (SSSR count). The molecular formula is C31H50O2. The zero-order valence-electron chi connectivity index (χ0n) is 22.4. The lowest BCUT2D eigenvalue weighted by Gasteiger charge is -2.58. The second kappa shape index (κ2) is 9.90. The Bertz CT molecular complexity index is 763. The van der Waals surface area contributed by atoms with E-state index in [4.69, 9.17) is 4.74 Å². The van der Waals surface area contributed by atoms with E-state index in [9.17, 15) is 4.79 Å². The third kappa shape index (κ3) is 4.74. The van der Waals surface area contributed by atoms with Crippen LogP contribution in [-0.4, -0.2) is 12.1 Å². The lowest BCUT2D eigenvalue weighted by molar-refractivity contribution is -0.151. The van der Waals surface area contributed by atoms with Crippen LogP contribution < -0.4 is 0 Å². The molecule has 0 N–H and O–H groups in total. The molecule has 0 heterocycles. The molecule has 2 heteroatoms. The highest BCUT2D eigenvalue weighted by Crippen LogP contribution is 2.67. The second-order valence-corrected chi connectivity index (χ2v) is 13.0. The minimum atomic E-state index is 0.00221. The van der Waals surface area contributed by atoms with Crippen molar-refractivity contribution in [2.24, 2.45) is 46.3 Å². The van der Waals surface area contributed by atoms with Crippen LogP contribution in [0.25, 0.3) is 0 Å². The number of rotatable bonds is 7. The molecule has 186 valence electrons. The van der Waals surface area contributed by atoms with Crippen molar-refractivity contribution in [1.82, 2.24) is 0 Å². The van der Waals surface area contributed by atoms with Crippen molar-refractivity contribution in [2.45, 2.75) is 118 Å². The quantitative estimate of drug-likeness (QED) is 0.284. The van der Waals surface area contributed by atoms with E-state index in [0.29, 0.717) is 23.2 Å². The zero-order valence-corrected chi connectivity index (χ0v) is 22.4. The maximum atomic E-state index is 12.1. The molecule has 0 unspecified atom stereocenters. The van der Waals surface area contributed by atoms with Crippen LogP contribution >= 0.6 is 0 Å². The molecule has 0 aromatic heterocycles. The number of ether oxygens (including phenoxy) is 1. The molecular weight excluding hydrogens is 404 g/mol. The number of esters is 1. The van der Waals surface area contributed by atoms with Crippen LogP contribution in [0.3, 0.4) is 0 Å². The number of carbonyl (C=O) groups is 1. The third-order valence-electron chi connectivity index (χ3n) is 10.6. The monoisotopic (exact) mass is 454 g/mol. The molecule has 3 fully saturated rings. The summed E-state index contributed by atoms with van der Waals surface area (Å²) in [5.74, 6) is 4.87. The Morgan fingerprint density at radius 2 is 1.91 bits per heavy atom. The lowest BCUT2D eigenvalue weighted by Crippen LogP contribution is -2.51. The molecule has 0 aliphatic heterocycles. The van der Waals surface area contributed by atoms with Crippen LogP contribution in [0.1, 0.15) is 112 Å². The average Bonchev–Trinajstić information content (AvgIpc) is 3.11. The van der Waals surface area contributed by atoms with Crippen molar-refractivity contribution in [1.29, 1.82) is 0 Å². The van der Waals surface area contributed by atoms with E-state index in [2.05, 4.69) is 59.8 Å². The van der Waals surface area contributed by atoms with E-state index in [-0.39, 0.29) is 12.1 Å². The minimum Gasteiger partial charge on any atom is -0.462 e. The largest absolute Gasteiger partial charge is 0.462 e. The summed E-state index contributed by atoms with van der Waals surface area (Å²) in [6, 6.07) is 0. The summed E-state index contributed by atoms with van der Waals surface area (Å²) < 4.78 is 5.85. The summed E-state index contributed by atoms with van der Waals surface area (Å²) >= 11 is 0. The topological polar surface area (TPSA) is 26.3 Å². The molecule has 4 aliphatic rings. The predicted molar refractivity (Wildman–Crippen MR) is 138 cm³/mol. The summed E-state index contributed by atoms with van der Waals surface area (Å²) in [7, 11) is 0. The van der Waals surface area contributed by atoms with Gasteiger partial charge in [-0.15, -0.1) is 0 Å². The van der Waals surface area contributed by atoms with Gasteiger partial charge in [-0.2, -0.15) is 0 Å². The van der Waals surface area contributed by atoms with Crippen molar-refractivity contribution in [3.8, 4) is 0 Å². The van der Waals surface area contributed by atoms with Crippen LogP contribution in [0, 0.1) is 46.3 Å². The smallest absolute Gasteiger partial charge is 0.306 e. The van der Waals surface area contributed by atoms with E-state index in [1.165, 1.54) is 44.9 Å². The molecule has 0 amide bonds. The van der Waals surface area contributed by atoms with E-state index >= 15 is 0 Å². The van der Waals surface area contributed by atoms with E-state index in [1.54, 1.807) is 5.57 Å². The van der Waals surface area contributed by atoms with Gasteiger partial charge < -0.3 is 4.74 Å². The van der Waals surface area contributed by atoms with Crippen molar-refractivity contribution < 1.29 is 9.53 Å². The zero-order chi connectivity index (χ0) is 23.8. The molecule has 2 nitrogen and oxygen atoms in total. The van der Waals surface area contributed by atoms with Crippen molar-refractivity contribution in [3.05, 3.63) is 23.8 Å².